The lowest BCUT2D eigenvalue weighted by molar-refractivity contribution is 0.242. The molecule has 94 valence electrons. The molecule has 2 aromatic rings. The summed E-state index contributed by atoms with van der Waals surface area (Å²) in [6, 6.07) is 7.66. The lowest BCUT2D eigenvalue weighted by Gasteiger charge is -2.03. The SMILES string of the molecule is NCc1ccc(OCc2nc(C3CC3)no2)cc1. The molecule has 1 fully saturated rings. The molecule has 0 bridgehead atoms. The van der Waals surface area contributed by atoms with Crippen molar-refractivity contribution in [1.29, 1.82) is 0 Å². The van der Waals surface area contributed by atoms with E-state index < -0.39 is 0 Å². The third-order valence-electron chi connectivity index (χ3n) is 2.95. The molecule has 2 N–H and O–H groups in total. The molecule has 5 heteroatoms. The van der Waals surface area contributed by atoms with Gasteiger partial charge in [-0.05, 0) is 30.5 Å². The number of hydrogen-bond donors (Lipinski definition) is 1. The maximum Gasteiger partial charge on any atom is 0.264 e. The summed E-state index contributed by atoms with van der Waals surface area (Å²) in [6.07, 6.45) is 2.33. The molecule has 1 saturated carbocycles. The molecule has 0 aliphatic heterocycles. The second kappa shape index (κ2) is 4.78. The fourth-order valence-corrected chi connectivity index (χ4v) is 1.70. The van der Waals surface area contributed by atoms with Crippen LogP contribution in [0.4, 0.5) is 0 Å². The minimum absolute atomic E-state index is 0.307. The minimum Gasteiger partial charge on any atom is -0.484 e. The van der Waals surface area contributed by atoms with Crippen molar-refractivity contribution in [1.82, 2.24) is 10.1 Å². The summed E-state index contributed by atoms with van der Waals surface area (Å²) in [5.41, 5.74) is 6.61. The molecule has 0 unspecified atom stereocenters. The van der Waals surface area contributed by atoms with E-state index in [4.69, 9.17) is 15.0 Å². The van der Waals surface area contributed by atoms with E-state index in [1.54, 1.807) is 0 Å². The fourth-order valence-electron chi connectivity index (χ4n) is 1.70. The lowest BCUT2D eigenvalue weighted by Crippen LogP contribution is -1.98. The maximum atomic E-state index is 5.57. The van der Waals surface area contributed by atoms with Crippen LogP contribution in [0.25, 0.3) is 0 Å². The monoisotopic (exact) mass is 245 g/mol. The highest BCUT2D eigenvalue weighted by atomic mass is 16.5. The molecular formula is C13H15N3O2. The van der Waals surface area contributed by atoms with Crippen molar-refractivity contribution in [3.05, 3.63) is 41.5 Å². The van der Waals surface area contributed by atoms with Crippen LogP contribution in [-0.2, 0) is 13.2 Å². The smallest absolute Gasteiger partial charge is 0.264 e. The van der Waals surface area contributed by atoms with Crippen LogP contribution in [0.3, 0.4) is 0 Å². The Morgan fingerprint density at radius 2 is 2.06 bits per heavy atom. The summed E-state index contributed by atoms with van der Waals surface area (Å²) in [5, 5.41) is 3.94. The van der Waals surface area contributed by atoms with E-state index in [0.29, 0.717) is 25.0 Å². The van der Waals surface area contributed by atoms with Gasteiger partial charge in [-0.1, -0.05) is 17.3 Å². The van der Waals surface area contributed by atoms with Gasteiger partial charge in [-0.3, -0.25) is 0 Å². The Hall–Kier alpha value is -1.88. The van der Waals surface area contributed by atoms with Gasteiger partial charge >= 0.3 is 0 Å². The van der Waals surface area contributed by atoms with Gasteiger partial charge in [0.05, 0.1) is 0 Å². The molecule has 1 aromatic heterocycles. The van der Waals surface area contributed by atoms with E-state index in [2.05, 4.69) is 10.1 Å². The van der Waals surface area contributed by atoms with Gasteiger partial charge < -0.3 is 15.0 Å². The summed E-state index contributed by atoms with van der Waals surface area (Å²) in [4.78, 5) is 4.30. The van der Waals surface area contributed by atoms with E-state index in [0.717, 1.165) is 17.1 Å². The van der Waals surface area contributed by atoms with Crippen molar-refractivity contribution in [2.45, 2.75) is 31.9 Å². The Kier molecular flexibility index (Phi) is 2.98. The van der Waals surface area contributed by atoms with E-state index in [1.807, 2.05) is 24.3 Å². The van der Waals surface area contributed by atoms with E-state index in [-0.39, 0.29) is 0 Å². The second-order valence-corrected chi connectivity index (χ2v) is 4.46. The van der Waals surface area contributed by atoms with Gasteiger partial charge in [0, 0.05) is 12.5 Å². The highest BCUT2D eigenvalue weighted by Crippen LogP contribution is 2.38. The Bertz CT molecular complexity index is 517. The predicted octanol–water partition coefficient (Wildman–Crippen LogP) is 1.98. The summed E-state index contributed by atoms with van der Waals surface area (Å²) >= 11 is 0. The zero-order valence-corrected chi connectivity index (χ0v) is 10.0. The predicted molar refractivity (Wildman–Crippen MR) is 64.9 cm³/mol. The molecule has 0 atom stereocenters. The molecule has 3 rings (SSSR count). The normalized spacial score (nSPS) is 14.7. The van der Waals surface area contributed by atoms with Gasteiger partial charge in [-0.25, -0.2) is 0 Å². The Balaban J connectivity index is 1.58. The minimum atomic E-state index is 0.307. The van der Waals surface area contributed by atoms with Gasteiger partial charge in [0.15, 0.2) is 12.4 Å². The van der Waals surface area contributed by atoms with Crippen molar-refractivity contribution in [2.75, 3.05) is 0 Å². The molecule has 1 aliphatic carbocycles. The van der Waals surface area contributed by atoms with E-state index in [1.165, 1.54) is 12.8 Å². The van der Waals surface area contributed by atoms with Crippen LogP contribution in [0.1, 0.15) is 36.0 Å². The molecule has 1 aliphatic rings. The number of aromatic nitrogens is 2. The Morgan fingerprint density at radius 1 is 1.28 bits per heavy atom. The molecule has 0 radical (unpaired) electrons. The van der Waals surface area contributed by atoms with Crippen molar-refractivity contribution in [2.24, 2.45) is 5.73 Å². The van der Waals surface area contributed by atoms with Gasteiger partial charge in [0.2, 0.25) is 0 Å². The van der Waals surface area contributed by atoms with Crippen LogP contribution in [0.5, 0.6) is 5.75 Å². The maximum absolute atomic E-state index is 5.57. The van der Waals surface area contributed by atoms with Crippen LogP contribution in [-0.4, -0.2) is 10.1 Å². The Morgan fingerprint density at radius 3 is 2.72 bits per heavy atom. The van der Waals surface area contributed by atoms with Crippen LogP contribution >= 0.6 is 0 Å². The summed E-state index contributed by atoms with van der Waals surface area (Å²) in [6.45, 7) is 0.844. The van der Waals surface area contributed by atoms with Crippen LogP contribution in [0, 0.1) is 0 Å². The lowest BCUT2D eigenvalue weighted by atomic mass is 10.2. The summed E-state index contributed by atoms with van der Waals surface area (Å²) in [5.74, 6) is 2.62. The molecular weight excluding hydrogens is 230 g/mol. The van der Waals surface area contributed by atoms with Crippen molar-refractivity contribution >= 4 is 0 Å². The van der Waals surface area contributed by atoms with Crippen LogP contribution in [0.15, 0.2) is 28.8 Å². The number of nitrogens with two attached hydrogens (primary N) is 1. The largest absolute Gasteiger partial charge is 0.484 e. The van der Waals surface area contributed by atoms with Crippen LogP contribution in [0.2, 0.25) is 0 Å². The number of hydrogen-bond acceptors (Lipinski definition) is 5. The molecule has 1 aromatic carbocycles. The molecule has 1 heterocycles. The summed E-state index contributed by atoms with van der Waals surface area (Å²) < 4.78 is 10.7. The first-order chi connectivity index (χ1) is 8.85. The van der Waals surface area contributed by atoms with Crippen molar-refractivity contribution < 1.29 is 9.26 Å². The topological polar surface area (TPSA) is 74.2 Å². The molecule has 18 heavy (non-hydrogen) atoms. The quantitative estimate of drug-likeness (QED) is 0.871. The van der Waals surface area contributed by atoms with E-state index >= 15 is 0 Å². The fraction of sp³-hybridized carbons (Fsp3) is 0.385. The molecule has 0 spiro atoms. The number of rotatable bonds is 5. The van der Waals surface area contributed by atoms with Gasteiger partial charge in [-0.15, -0.1) is 0 Å². The Labute approximate surface area is 105 Å². The highest BCUT2D eigenvalue weighted by Gasteiger charge is 2.28. The van der Waals surface area contributed by atoms with Gasteiger partial charge in [0.1, 0.15) is 5.75 Å². The van der Waals surface area contributed by atoms with Crippen molar-refractivity contribution in [3.63, 3.8) is 0 Å². The third kappa shape index (κ3) is 2.51. The molecule has 0 saturated heterocycles. The molecule has 5 nitrogen and oxygen atoms in total. The third-order valence-corrected chi connectivity index (χ3v) is 2.95. The zero-order valence-electron chi connectivity index (χ0n) is 10.0. The van der Waals surface area contributed by atoms with Crippen molar-refractivity contribution in [3.8, 4) is 5.75 Å². The average Bonchev–Trinajstić information content (AvgIpc) is 3.16. The van der Waals surface area contributed by atoms with Crippen LogP contribution < -0.4 is 10.5 Å². The first kappa shape index (κ1) is 11.2. The van der Waals surface area contributed by atoms with Gasteiger partial charge in [0.25, 0.3) is 5.89 Å². The average molecular weight is 245 g/mol. The van der Waals surface area contributed by atoms with E-state index in [9.17, 15) is 0 Å². The number of benzene rings is 1. The van der Waals surface area contributed by atoms with Gasteiger partial charge in [-0.2, -0.15) is 4.98 Å². The molecule has 0 amide bonds. The second-order valence-electron chi connectivity index (χ2n) is 4.46. The first-order valence-corrected chi connectivity index (χ1v) is 6.09. The number of nitrogens with zero attached hydrogens (tertiary/aromatic N) is 2. The highest BCUT2D eigenvalue weighted by molar-refractivity contribution is 5.27. The number of ether oxygens (including phenoxy) is 1. The standard InChI is InChI=1S/C13H15N3O2/c14-7-9-1-5-11(6-2-9)17-8-12-15-13(16-18-12)10-3-4-10/h1-2,5-6,10H,3-4,7-8,14H2. The summed E-state index contributed by atoms with van der Waals surface area (Å²) in [7, 11) is 0. The first-order valence-electron chi connectivity index (χ1n) is 6.09. The zero-order chi connectivity index (χ0) is 12.4.